The second-order valence-electron chi connectivity index (χ2n) is 9.35. The third-order valence-corrected chi connectivity index (χ3v) is 7.60. The number of rotatable bonds is 4. The van der Waals surface area contributed by atoms with Gasteiger partial charge >= 0.3 is 0 Å². The van der Waals surface area contributed by atoms with E-state index in [1.54, 1.807) is 0 Å². The summed E-state index contributed by atoms with van der Waals surface area (Å²) < 4.78 is 0. The number of aromatic amines is 1. The number of aromatic nitrogens is 1. The zero-order valence-electron chi connectivity index (χ0n) is 17.5. The smallest absolute Gasteiger partial charge is 0.226 e. The van der Waals surface area contributed by atoms with Gasteiger partial charge < -0.3 is 15.2 Å². The molecule has 2 aromatic rings. The molecule has 0 unspecified atom stereocenters. The number of fused-ring (bicyclic) bond motifs is 3. The second-order valence-corrected chi connectivity index (χ2v) is 9.76. The summed E-state index contributed by atoms with van der Waals surface area (Å²) in [5.41, 5.74) is 2.62. The largest absolute Gasteiger partial charge is 0.357 e. The third-order valence-electron chi connectivity index (χ3n) is 7.29. The van der Waals surface area contributed by atoms with Crippen molar-refractivity contribution in [2.75, 3.05) is 6.54 Å². The van der Waals surface area contributed by atoms with Crippen LogP contribution in [0.15, 0.2) is 18.2 Å². The summed E-state index contributed by atoms with van der Waals surface area (Å²) in [6.07, 6.45) is 6.39. The molecule has 2 aliphatic carbocycles. The van der Waals surface area contributed by atoms with Crippen molar-refractivity contribution in [3.8, 4) is 6.07 Å². The maximum atomic E-state index is 13.5. The molecule has 6 nitrogen and oxygen atoms in total. The first-order valence-corrected chi connectivity index (χ1v) is 11.7. The van der Waals surface area contributed by atoms with E-state index in [2.05, 4.69) is 22.4 Å². The number of nitriles is 1. The Bertz CT molecular complexity index is 1080. The first-order valence-electron chi connectivity index (χ1n) is 11.3. The molecule has 1 aromatic carbocycles. The number of benzene rings is 1. The highest BCUT2D eigenvalue weighted by atomic mass is 35.5. The van der Waals surface area contributed by atoms with Crippen LogP contribution in [-0.4, -0.2) is 33.8 Å². The zero-order valence-corrected chi connectivity index (χ0v) is 18.3. The average Bonchev–Trinajstić information content (AvgIpc) is 3.44. The van der Waals surface area contributed by atoms with Crippen LogP contribution in [0.25, 0.3) is 10.9 Å². The normalized spacial score (nSPS) is 24.3. The van der Waals surface area contributed by atoms with E-state index in [9.17, 15) is 14.9 Å². The highest BCUT2D eigenvalue weighted by Gasteiger charge is 2.45. The number of para-hydroxylation sites is 1. The minimum Gasteiger partial charge on any atom is -0.357 e. The van der Waals surface area contributed by atoms with Gasteiger partial charge in [-0.2, -0.15) is 5.26 Å². The molecule has 7 heteroatoms. The summed E-state index contributed by atoms with van der Waals surface area (Å²) in [5, 5.41) is 13.9. The standard InChI is InChI=1S/C24H27ClN4O2/c25-19-7-3-6-17-18-13-29(11-8-20(18)27-22(17)19)23(31)16-5-2-1-4-15(16)12-21(30)28-24(14-26)9-10-24/h3,6-7,15-16,27H,1-2,4-5,8-13H2,(H,28,30)/t15-,16-/m1/s1. The van der Waals surface area contributed by atoms with Crippen molar-refractivity contribution in [1.29, 1.82) is 5.26 Å². The molecule has 31 heavy (non-hydrogen) atoms. The van der Waals surface area contributed by atoms with Gasteiger partial charge in [0, 0.05) is 48.5 Å². The molecule has 2 N–H and O–H groups in total. The number of halogens is 1. The van der Waals surface area contributed by atoms with E-state index in [0.29, 0.717) is 24.5 Å². The van der Waals surface area contributed by atoms with Crippen molar-refractivity contribution in [3.63, 3.8) is 0 Å². The number of carbonyl (C=O) groups is 2. The summed E-state index contributed by atoms with van der Waals surface area (Å²) >= 11 is 6.36. The molecule has 0 saturated heterocycles. The molecular weight excluding hydrogens is 412 g/mol. The lowest BCUT2D eigenvalue weighted by Gasteiger charge is -2.36. The maximum Gasteiger partial charge on any atom is 0.226 e. The molecule has 1 aromatic heterocycles. The van der Waals surface area contributed by atoms with E-state index in [1.807, 2.05) is 17.0 Å². The van der Waals surface area contributed by atoms with Gasteiger partial charge in [0.25, 0.3) is 0 Å². The Morgan fingerprint density at radius 3 is 2.87 bits per heavy atom. The van der Waals surface area contributed by atoms with Crippen molar-refractivity contribution < 1.29 is 9.59 Å². The van der Waals surface area contributed by atoms with Crippen LogP contribution in [0, 0.1) is 23.2 Å². The minimum absolute atomic E-state index is 0.0505. The summed E-state index contributed by atoms with van der Waals surface area (Å²) in [7, 11) is 0. The molecule has 2 fully saturated rings. The molecule has 2 amide bonds. The lowest BCUT2D eigenvalue weighted by Crippen LogP contribution is -2.44. The Kier molecular flexibility index (Phi) is 5.18. The topological polar surface area (TPSA) is 89.0 Å². The molecule has 0 radical (unpaired) electrons. The molecule has 5 rings (SSSR count). The number of amides is 2. The van der Waals surface area contributed by atoms with Gasteiger partial charge in [-0.25, -0.2) is 0 Å². The molecule has 3 aliphatic rings. The Hall–Kier alpha value is -2.52. The quantitative estimate of drug-likeness (QED) is 0.753. The van der Waals surface area contributed by atoms with Gasteiger partial charge in [0.2, 0.25) is 11.8 Å². The van der Waals surface area contributed by atoms with Crippen molar-refractivity contribution in [2.45, 2.75) is 63.5 Å². The van der Waals surface area contributed by atoms with Crippen LogP contribution >= 0.6 is 11.6 Å². The van der Waals surface area contributed by atoms with Crippen LogP contribution in [0.4, 0.5) is 0 Å². The molecule has 1 aliphatic heterocycles. The van der Waals surface area contributed by atoms with Crippen molar-refractivity contribution >= 4 is 34.3 Å². The number of nitrogens with one attached hydrogen (secondary N) is 2. The number of hydrogen-bond donors (Lipinski definition) is 2. The predicted molar refractivity (Wildman–Crippen MR) is 118 cm³/mol. The van der Waals surface area contributed by atoms with Gasteiger partial charge in [0.1, 0.15) is 5.54 Å². The summed E-state index contributed by atoms with van der Waals surface area (Å²) in [5.74, 6) is 0.0125. The van der Waals surface area contributed by atoms with Gasteiger partial charge in [-0.3, -0.25) is 9.59 Å². The Morgan fingerprint density at radius 2 is 2.10 bits per heavy atom. The first kappa shape index (κ1) is 20.4. The van der Waals surface area contributed by atoms with Crippen molar-refractivity contribution in [1.82, 2.24) is 15.2 Å². The SMILES string of the molecule is N#CC1(NC(=O)C[C@H]2CCCC[C@H]2C(=O)N2CCc3[nH]c4c(Cl)cccc4c3C2)CC1. The number of hydrogen-bond acceptors (Lipinski definition) is 3. The van der Waals surface area contributed by atoms with E-state index in [-0.39, 0.29) is 23.7 Å². The Morgan fingerprint density at radius 1 is 1.29 bits per heavy atom. The fourth-order valence-electron chi connectivity index (χ4n) is 5.35. The van der Waals surface area contributed by atoms with Crippen molar-refractivity contribution in [3.05, 3.63) is 34.5 Å². The molecule has 2 saturated carbocycles. The molecular formula is C24H27ClN4O2. The Labute approximate surface area is 186 Å². The number of carbonyl (C=O) groups excluding carboxylic acids is 2. The molecule has 0 spiro atoms. The van der Waals surface area contributed by atoms with Crippen LogP contribution in [0.1, 0.15) is 56.2 Å². The monoisotopic (exact) mass is 438 g/mol. The van der Waals surface area contributed by atoms with E-state index in [0.717, 1.165) is 67.1 Å². The first-order chi connectivity index (χ1) is 15.0. The van der Waals surface area contributed by atoms with Gasteiger partial charge in [-0.05, 0) is 37.7 Å². The fourth-order valence-corrected chi connectivity index (χ4v) is 5.57. The highest BCUT2D eigenvalue weighted by molar-refractivity contribution is 6.35. The lowest BCUT2D eigenvalue weighted by atomic mass is 9.76. The predicted octanol–water partition coefficient (Wildman–Crippen LogP) is 4.07. The third kappa shape index (κ3) is 3.80. The van der Waals surface area contributed by atoms with Crippen LogP contribution in [0.5, 0.6) is 0 Å². The van der Waals surface area contributed by atoms with E-state index in [4.69, 9.17) is 11.6 Å². The summed E-state index contributed by atoms with van der Waals surface area (Å²) in [4.78, 5) is 31.5. The summed E-state index contributed by atoms with van der Waals surface area (Å²) in [6, 6.07) is 8.10. The van der Waals surface area contributed by atoms with Gasteiger partial charge in [0.05, 0.1) is 16.6 Å². The highest BCUT2D eigenvalue weighted by Crippen LogP contribution is 2.38. The maximum absolute atomic E-state index is 13.5. The molecule has 2 atom stereocenters. The Balaban J connectivity index is 1.30. The van der Waals surface area contributed by atoms with Gasteiger partial charge in [0.15, 0.2) is 0 Å². The molecule has 162 valence electrons. The van der Waals surface area contributed by atoms with Crippen LogP contribution in [0.3, 0.4) is 0 Å². The zero-order chi connectivity index (χ0) is 21.6. The number of H-pyrrole nitrogens is 1. The molecule has 2 heterocycles. The van der Waals surface area contributed by atoms with Crippen molar-refractivity contribution in [2.24, 2.45) is 11.8 Å². The fraction of sp³-hybridized carbons (Fsp3) is 0.542. The van der Waals surface area contributed by atoms with Crippen LogP contribution in [0.2, 0.25) is 5.02 Å². The van der Waals surface area contributed by atoms with E-state index in [1.165, 1.54) is 0 Å². The van der Waals surface area contributed by atoms with Gasteiger partial charge in [-0.1, -0.05) is 36.6 Å². The van der Waals surface area contributed by atoms with Crippen LogP contribution in [-0.2, 0) is 22.6 Å². The summed E-state index contributed by atoms with van der Waals surface area (Å²) in [6.45, 7) is 1.27. The van der Waals surface area contributed by atoms with E-state index < -0.39 is 5.54 Å². The van der Waals surface area contributed by atoms with Gasteiger partial charge in [-0.15, -0.1) is 0 Å². The lowest BCUT2D eigenvalue weighted by molar-refractivity contribution is -0.140. The van der Waals surface area contributed by atoms with E-state index >= 15 is 0 Å². The molecule has 0 bridgehead atoms. The second kappa shape index (κ2) is 7.87. The average molecular weight is 439 g/mol. The number of nitrogens with zero attached hydrogens (tertiary/aromatic N) is 2. The van der Waals surface area contributed by atoms with Crippen LogP contribution < -0.4 is 5.32 Å². The minimum atomic E-state index is -0.648.